The number of nitrogens with one attached hydrogen (secondary N) is 1. The van der Waals surface area contributed by atoms with Gasteiger partial charge in [0.2, 0.25) is 5.91 Å². The van der Waals surface area contributed by atoms with Crippen molar-refractivity contribution in [1.82, 2.24) is 14.9 Å². The van der Waals surface area contributed by atoms with Crippen molar-refractivity contribution in [1.29, 1.82) is 0 Å². The minimum atomic E-state index is -0.00576. The molecule has 1 amide bonds. The highest BCUT2D eigenvalue weighted by atomic mass is 32.2. The molecule has 0 aliphatic heterocycles. The van der Waals surface area contributed by atoms with Crippen molar-refractivity contribution in [3.05, 3.63) is 20.8 Å². The van der Waals surface area contributed by atoms with E-state index in [2.05, 4.69) is 19.2 Å². The monoisotopic (exact) mass is 421 g/mol. The Morgan fingerprint density at radius 2 is 2.04 bits per heavy atom. The summed E-state index contributed by atoms with van der Waals surface area (Å²) in [6.07, 6.45) is 3.47. The van der Waals surface area contributed by atoms with E-state index in [1.807, 2.05) is 27.7 Å². The quantitative estimate of drug-likeness (QED) is 0.562. The molecule has 5 nitrogen and oxygen atoms in total. The first-order valence-electron chi connectivity index (χ1n) is 10.1. The standard InChI is InChI=1S/C21H31N3O2S2/c1-11(2)24-20(26)18-14(5)15(6)28-19(18)23-21(24)27-10-17(25)22-16-9-7-8-12(3)13(16)4/h11-13,16H,7-10H2,1-6H3,(H,22,25)/t12-,13+,16-/m1/s1. The number of carbonyl (C=O) groups is 1. The van der Waals surface area contributed by atoms with Crippen molar-refractivity contribution in [3.63, 3.8) is 0 Å². The second kappa shape index (κ2) is 8.57. The van der Waals surface area contributed by atoms with E-state index in [4.69, 9.17) is 4.98 Å². The molecular weight excluding hydrogens is 390 g/mol. The van der Waals surface area contributed by atoms with Crippen LogP contribution in [0.3, 0.4) is 0 Å². The van der Waals surface area contributed by atoms with Crippen LogP contribution in [0.25, 0.3) is 10.2 Å². The first-order valence-corrected chi connectivity index (χ1v) is 11.9. The lowest BCUT2D eigenvalue weighted by Crippen LogP contribution is -2.44. The molecule has 3 rings (SSSR count). The molecular formula is C21H31N3O2S2. The second-order valence-corrected chi connectivity index (χ2v) is 10.5. The largest absolute Gasteiger partial charge is 0.352 e. The van der Waals surface area contributed by atoms with Crippen LogP contribution in [0.2, 0.25) is 0 Å². The molecule has 1 aliphatic rings. The van der Waals surface area contributed by atoms with Crippen molar-refractivity contribution in [2.45, 2.75) is 78.0 Å². The van der Waals surface area contributed by atoms with Crippen LogP contribution in [0.15, 0.2) is 9.95 Å². The van der Waals surface area contributed by atoms with E-state index in [9.17, 15) is 9.59 Å². The molecule has 2 aromatic rings. The SMILES string of the molecule is Cc1sc2nc(SCC(=O)N[C@@H]3CCC[C@@H](C)[C@@H]3C)n(C(C)C)c(=O)c2c1C. The fourth-order valence-electron chi connectivity index (χ4n) is 4.01. The van der Waals surface area contributed by atoms with Crippen molar-refractivity contribution < 1.29 is 4.79 Å². The number of thiophene rings is 1. The Morgan fingerprint density at radius 1 is 1.32 bits per heavy atom. The molecule has 1 aliphatic carbocycles. The molecule has 7 heteroatoms. The van der Waals surface area contributed by atoms with Gasteiger partial charge in [-0.15, -0.1) is 11.3 Å². The Balaban J connectivity index is 1.79. The van der Waals surface area contributed by atoms with Gasteiger partial charge in [-0.2, -0.15) is 0 Å². The number of aromatic nitrogens is 2. The van der Waals surface area contributed by atoms with Crippen LogP contribution in [-0.2, 0) is 4.79 Å². The molecule has 0 unspecified atom stereocenters. The van der Waals surface area contributed by atoms with Gasteiger partial charge in [0.15, 0.2) is 5.16 Å². The molecule has 0 aromatic carbocycles. The summed E-state index contributed by atoms with van der Waals surface area (Å²) in [5, 5.41) is 4.56. The van der Waals surface area contributed by atoms with E-state index >= 15 is 0 Å². The molecule has 28 heavy (non-hydrogen) atoms. The van der Waals surface area contributed by atoms with E-state index in [0.29, 0.717) is 17.0 Å². The summed E-state index contributed by atoms with van der Waals surface area (Å²) in [5.74, 6) is 1.46. The molecule has 3 atom stereocenters. The molecule has 1 saturated carbocycles. The molecule has 2 aromatic heterocycles. The fourth-order valence-corrected chi connectivity index (χ4v) is 6.02. The maximum atomic E-state index is 13.1. The number of rotatable bonds is 5. The number of hydrogen-bond acceptors (Lipinski definition) is 5. The van der Waals surface area contributed by atoms with Crippen molar-refractivity contribution in [2.24, 2.45) is 11.8 Å². The fraction of sp³-hybridized carbons (Fsp3) is 0.667. The minimum Gasteiger partial charge on any atom is -0.352 e. The van der Waals surface area contributed by atoms with E-state index in [1.165, 1.54) is 24.6 Å². The summed E-state index contributed by atoms with van der Waals surface area (Å²) >= 11 is 2.92. The van der Waals surface area contributed by atoms with Crippen LogP contribution in [0.1, 0.15) is 63.4 Å². The Bertz CT molecular complexity index is 932. The van der Waals surface area contributed by atoms with Crippen molar-refractivity contribution >= 4 is 39.2 Å². The van der Waals surface area contributed by atoms with Crippen LogP contribution in [0.4, 0.5) is 0 Å². The van der Waals surface area contributed by atoms with E-state index in [0.717, 1.165) is 27.1 Å². The summed E-state index contributed by atoms with van der Waals surface area (Å²) in [6, 6.07) is 0.246. The van der Waals surface area contributed by atoms with Gasteiger partial charge in [0.05, 0.1) is 11.1 Å². The average Bonchev–Trinajstić information content (AvgIpc) is 2.91. The van der Waals surface area contributed by atoms with Crippen molar-refractivity contribution in [2.75, 3.05) is 5.75 Å². The number of amides is 1. The highest BCUT2D eigenvalue weighted by Gasteiger charge is 2.28. The topological polar surface area (TPSA) is 64.0 Å². The first kappa shape index (κ1) is 21.4. The maximum absolute atomic E-state index is 13.1. The van der Waals surface area contributed by atoms with Gasteiger partial charge in [-0.3, -0.25) is 14.2 Å². The molecule has 0 saturated heterocycles. The lowest BCUT2D eigenvalue weighted by molar-refractivity contribution is -0.120. The van der Waals surface area contributed by atoms with Crippen LogP contribution in [0.5, 0.6) is 0 Å². The van der Waals surface area contributed by atoms with Gasteiger partial charge in [0.1, 0.15) is 4.83 Å². The smallest absolute Gasteiger partial charge is 0.263 e. The number of thioether (sulfide) groups is 1. The van der Waals surface area contributed by atoms with E-state index < -0.39 is 0 Å². The molecule has 0 radical (unpaired) electrons. The third-order valence-corrected chi connectivity index (χ3v) is 8.16. The van der Waals surface area contributed by atoms with Gasteiger partial charge in [-0.25, -0.2) is 4.98 Å². The molecule has 1 N–H and O–H groups in total. The van der Waals surface area contributed by atoms with Gasteiger partial charge < -0.3 is 5.32 Å². The maximum Gasteiger partial charge on any atom is 0.263 e. The minimum absolute atomic E-state index is 0.000476. The zero-order valence-corrected chi connectivity index (χ0v) is 19.3. The van der Waals surface area contributed by atoms with E-state index in [1.54, 1.807) is 15.9 Å². The molecule has 2 heterocycles. The zero-order valence-electron chi connectivity index (χ0n) is 17.7. The number of hydrogen-bond donors (Lipinski definition) is 1. The van der Waals surface area contributed by atoms with Crippen LogP contribution in [-0.4, -0.2) is 27.3 Å². The summed E-state index contributed by atoms with van der Waals surface area (Å²) in [6.45, 7) is 12.5. The summed E-state index contributed by atoms with van der Waals surface area (Å²) < 4.78 is 1.73. The third-order valence-electron chi connectivity index (χ3n) is 6.10. The van der Waals surface area contributed by atoms with Gasteiger partial charge >= 0.3 is 0 Å². The normalized spacial score (nSPS) is 22.8. The van der Waals surface area contributed by atoms with Crippen LogP contribution in [0, 0.1) is 25.7 Å². The first-order chi connectivity index (χ1) is 13.2. The number of nitrogens with zero attached hydrogens (tertiary/aromatic N) is 2. The molecule has 0 bridgehead atoms. The van der Waals surface area contributed by atoms with Gasteiger partial charge in [0, 0.05) is 17.0 Å². The summed E-state index contributed by atoms with van der Waals surface area (Å²) in [4.78, 5) is 32.3. The summed E-state index contributed by atoms with van der Waals surface area (Å²) in [5.41, 5.74) is 1.01. The number of aryl methyl sites for hydroxylation is 2. The lowest BCUT2D eigenvalue weighted by atomic mass is 9.78. The Labute approximate surface area is 175 Å². The predicted octanol–water partition coefficient (Wildman–Crippen LogP) is 4.69. The molecule has 154 valence electrons. The van der Waals surface area contributed by atoms with E-state index in [-0.39, 0.29) is 29.3 Å². The molecule has 1 fully saturated rings. The zero-order chi connectivity index (χ0) is 20.6. The Hall–Kier alpha value is -1.34. The average molecular weight is 422 g/mol. The Kier molecular flexibility index (Phi) is 6.54. The predicted molar refractivity (Wildman–Crippen MR) is 119 cm³/mol. The van der Waals surface area contributed by atoms with Crippen LogP contribution < -0.4 is 10.9 Å². The molecule has 0 spiro atoms. The lowest BCUT2D eigenvalue weighted by Gasteiger charge is -2.34. The van der Waals surface area contributed by atoms with Crippen LogP contribution >= 0.6 is 23.1 Å². The number of carbonyl (C=O) groups excluding carboxylic acids is 1. The van der Waals surface area contributed by atoms with Gasteiger partial charge in [0.25, 0.3) is 5.56 Å². The van der Waals surface area contributed by atoms with Gasteiger partial charge in [-0.05, 0) is 51.5 Å². The number of fused-ring (bicyclic) bond motifs is 1. The van der Waals surface area contributed by atoms with Gasteiger partial charge in [-0.1, -0.05) is 38.5 Å². The highest BCUT2D eigenvalue weighted by Crippen LogP contribution is 2.31. The Morgan fingerprint density at radius 3 is 2.71 bits per heavy atom. The summed E-state index contributed by atoms with van der Waals surface area (Å²) in [7, 11) is 0. The van der Waals surface area contributed by atoms with Crippen molar-refractivity contribution in [3.8, 4) is 0 Å². The second-order valence-electron chi connectivity index (χ2n) is 8.36. The third kappa shape index (κ3) is 4.15. The highest BCUT2D eigenvalue weighted by molar-refractivity contribution is 7.99.